The quantitative estimate of drug-likeness (QED) is 0.369. The van der Waals surface area contributed by atoms with E-state index in [9.17, 15) is 19.1 Å². The first-order chi connectivity index (χ1) is 15.2. The molecule has 0 saturated carbocycles. The fourth-order valence-corrected chi connectivity index (χ4v) is 4.13. The van der Waals surface area contributed by atoms with E-state index >= 15 is 0 Å². The van der Waals surface area contributed by atoms with Gasteiger partial charge in [-0.05, 0) is 44.5 Å². The van der Waals surface area contributed by atoms with Gasteiger partial charge in [-0.1, -0.05) is 29.8 Å². The van der Waals surface area contributed by atoms with Crippen LogP contribution in [-0.4, -0.2) is 48.1 Å². The maximum absolute atomic E-state index is 14.8. The highest BCUT2D eigenvalue weighted by atomic mass is 35.5. The van der Waals surface area contributed by atoms with Crippen molar-refractivity contribution >= 4 is 29.1 Å². The first kappa shape index (κ1) is 23.8. The van der Waals surface area contributed by atoms with Gasteiger partial charge in [-0.2, -0.15) is 0 Å². The van der Waals surface area contributed by atoms with Crippen LogP contribution in [0.15, 0.2) is 42.0 Å². The minimum absolute atomic E-state index is 0.0459. The minimum atomic E-state index is -1.13. The van der Waals surface area contributed by atoms with E-state index in [1.165, 1.54) is 30.2 Å². The summed E-state index contributed by atoms with van der Waals surface area (Å²) in [5.74, 6) is -2.69. The third kappa shape index (κ3) is 4.49. The van der Waals surface area contributed by atoms with Gasteiger partial charge in [0.25, 0.3) is 11.7 Å². The summed E-state index contributed by atoms with van der Waals surface area (Å²) >= 11 is 6.26. The molecule has 1 atom stereocenters. The molecule has 2 aromatic rings. The molecule has 1 aliphatic rings. The van der Waals surface area contributed by atoms with Crippen LogP contribution in [0.1, 0.15) is 36.6 Å². The van der Waals surface area contributed by atoms with Crippen LogP contribution in [-0.2, 0) is 14.3 Å². The number of nitrogens with zero attached hydrogens (tertiary/aromatic N) is 1. The molecule has 3 rings (SSSR count). The van der Waals surface area contributed by atoms with Crippen LogP contribution in [0, 0.1) is 12.7 Å². The van der Waals surface area contributed by atoms with E-state index in [2.05, 4.69) is 0 Å². The summed E-state index contributed by atoms with van der Waals surface area (Å²) in [4.78, 5) is 27.2. The molecular weight excluding hydrogens is 437 g/mol. The van der Waals surface area contributed by atoms with E-state index in [-0.39, 0.29) is 46.7 Å². The van der Waals surface area contributed by atoms with Gasteiger partial charge in [0.05, 0.1) is 42.0 Å². The summed E-state index contributed by atoms with van der Waals surface area (Å²) < 4.78 is 25.7. The van der Waals surface area contributed by atoms with E-state index in [1.54, 1.807) is 25.1 Å². The third-order valence-electron chi connectivity index (χ3n) is 5.17. The SMILES string of the molecule is COc1c(Cl)cc(C)cc1/C(O)=C1\C(=O)C(=O)N(CCOC(C)C)C1c1ccccc1F. The Morgan fingerprint density at radius 2 is 1.94 bits per heavy atom. The molecule has 32 heavy (non-hydrogen) atoms. The highest BCUT2D eigenvalue weighted by Gasteiger charge is 2.47. The van der Waals surface area contributed by atoms with Gasteiger partial charge in [0.2, 0.25) is 0 Å². The molecule has 1 fully saturated rings. The number of carbonyl (C=O) groups is 2. The second-order valence-electron chi connectivity index (χ2n) is 7.76. The van der Waals surface area contributed by atoms with Crippen LogP contribution >= 0.6 is 11.6 Å². The van der Waals surface area contributed by atoms with Gasteiger partial charge in [0.15, 0.2) is 0 Å². The molecule has 0 aromatic heterocycles. The van der Waals surface area contributed by atoms with E-state index in [1.807, 2.05) is 13.8 Å². The number of ketones is 1. The molecule has 0 bridgehead atoms. The number of hydrogen-bond acceptors (Lipinski definition) is 5. The van der Waals surface area contributed by atoms with Crippen LogP contribution < -0.4 is 4.74 Å². The summed E-state index contributed by atoms with van der Waals surface area (Å²) in [6.45, 7) is 5.64. The van der Waals surface area contributed by atoms with Gasteiger partial charge < -0.3 is 19.5 Å². The lowest BCUT2D eigenvalue weighted by Crippen LogP contribution is -2.33. The number of methoxy groups -OCH3 is 1. The highest BCUT2D eigenvalue weighted by molar-refractivity contribution is 6.46. The number of likely N-dealkylation sites (tertiary alicyclic amines) is 1. The largest absolute Gasteiger partial charge is 0.507 e. The normalized spacial score (nSPS) is 18.0. The zero-order chi connectivity index (χ0) is 23.6. The van der Waals surface area contributed by atoms with Crippen molar-refractivity contribution in [2.75, 3.05) is 20.3 Å². The number of hydrogen-bond donors (Lipinski definition) is 1. The monoisotopic (exact) mass is 461 g/mol. The van der Waals surface area contributed by atoms with Crippen molar-refractivity contribution in [3.63, 3.8) is 0 Å². The van der Waals surface area contributed by atoms with Crippen LogP contribution in [0.4, 0.5) is 4.39 Å². The van der Waals surface area contributed by atoms with Gasteiger partial charge in [-0.25, -0.2) is 4.39 Å². The fourth-order valence-electron chi connectivity index (χ4n) is 3.77. The molecule has 1 unspecified atom stereocenters. The molecule has 170 valence electrons. The van der Waals surface area contributed by atoms with Crippen molar-refractivity contribution in [3.8, 4) is 5.75 Å². The summed E-state index contributed by atoms with van der Waals surface area (Å²) in [5.41, 5.74) is 0.717. The average Bonchev–Trinajstić information content (AvgIpc) is 2.97. The predicted octanol–water partition coefficient (Wildman–Crippen LogP) is 4.64. The maximum atomic E-state index is 14.8. The first-order valence-electron chi connectivity index (χ1n) is 10.2. The molecule has 2 aromatic carbocycles. The number of Topliss-reactive ketones (excluding diaryl/α,β-unsaturated/α-hetero) is 1. The number of carbonyl (C=O) groups excluding carboxylic acids is 2. The summed E-state index contributed by atoms with van der Waals surface area (Å²) in [7, 11) is 1.38. The zero-order valence-electron chi connectivity index (χ0n) is 18.3. The molecule has 6 nitrogen and oxygen atoms in total. The van der Waals surface area contributed by atoms with Gasteiger partial charge >= 0.3 is 0 Å². The number of halogens is 2. The molecular formula is C24H25ClFNO5. The van der Waals surface area contributed by atoms with Crippen molar-refractivity contribution in [1.29, 1.82) is 0 Å². The fraction of sp³-hybridized carbons (Fsp3) is 0.333. The predicted molar refractivity (Wildman–Crippen MR) is 119 cm³/mol. The van der Waals surface area contributed by atoms with Crippen LogP contribution in [0.3, 0.4) is 0 Å². The van der Waals surface area contributed by atoms with Gasteiger partial charge in [-0.15, -0.1) is 0 Å². The number of rotatable bonds is 7. The number of aliphatic hydroxyl groups is 1. The number of ether oxygens (including phenoxy) is 2. The molecule has 1 saturated heterocycles. The lowest BCUT2D eigenvalue weighted by atomic mass is 9.94. The Hall–Kier alpha value is -2.90. The Labute approximate surface area is 191 Å². The standard InChI is InChI=1S/C24H25ClFNO5/c1-13(2)32-10-9-27-20(15-7-5-6-8-18(15)26)19(22(29)24(27)30)21(28)16-11-14(3)12-17(25)23(16)31-4/h5-8,11-13,20,28H,9-10H2,1-4H3/b21-19+. The lowest BCUT2D eigenvalue weighted by Gasteiger charge is -2.26. The van der Waals surface area contributed by atoms with Gasteiger partial charge in [0, 0.05) is 12.1 Å². The lowest BCUT2D eigenvalue weighted by molar-refractivity contribution is -0.140. The Morgan fingerprint density at radius 3 is 2.56 bits per heavy atom. The highest BCUT2D eigenvalue weighted by Crippen LogP contribution is 2.43. The summed E-state index contributed by atoms with van der Waals surface area (Å²) in [6.07, 6.45) is -0.0857. The number of aliphatic hydroxyl groups excluding tert-OH is 1. The Kier molecular flexibility index (Phi) is 7.21. The van der Waals surface area contributed by atoms with E-state index in [0.717, 1.165) is 0 Å². The molecule has 0 aliphatic carbocycles. The molecule has 0 radical (unpaired) electrons. The number of benzene rings is 2. The van der Waals surface area contributed by atoms with E-state index in [4.69, 9.17) is 21.1 Å². The first-order valence-corrected chi connectivity index (χ1v) is 10.5. The second-order valence-corrected chi connectivity index (χ2v) is 8.17. The topological polar surface area (TPSA) is 76.1 Å². The van der Waals surface area contributed by atoms with Crippen molar-refractivity contribution in [2.24, 2.45) is 0 Å². The molecule has 8 heteroatoms. The van der Waals surface area contributed by atoms with Crippen molar-refractivity contribution in [2.45, 2.75) is 32.9 Å². The maximum Gasteiger partial charge on any atom is 0.295 e. The number of amides is 1. The van der Waals surface area contributed by atoms with Gasteiger partial charge in [-0.3, -0.25) is 9.59 Å². The van der Waals surface area contributed by atoms with Gasteiger partial charge in [0.1, 0.15) is 17.3 Å². The minimum Gasteiger partial charge on any atom is -0.507 e. The van der Waals surface area contributed by atoms with Crippen molar-refractivity contribution in [1.82, 2.24) is 4.90 Å². The molecule has 1 heterocycles. The van der Waals surface area contributed by atoms with Crippen LogP contribution in [0.5, 0.6) is 5.75 Å². The molecule has 0 spiro atoms. The Bertz CT molecular complexity index is 1080. The van der Waals surface area contributed by atoms with Crippen molar-refractivity contribution < 1.29 is 28.6 Å². The Balaban J connectivity index is 2.21. The van der Waals surface area contributed by atoms with E-state index < -0.39 is 29.3 Å². The molecule has 1 amide bonds. The summed E-state index contributed by atoms with van der Waals surface area (Å²) in [6, 6.07) is 7.95. The average molecular weight is 462 g/mol. The van der Waals surface area contributed by atoms with Crippen LogP contribution in [0.2, 0.25) is 5.02 Å². The number of aryl methyl sites for hydroxylation is 1. The van der Waals surface area contributed by atoms with Crippen molar-refractivity contribution in [3.05, 3.63) is 69.5 Å². The van der Waals surface area contributed by atoms with E-state index in [0.29, 0.717) is 5.56 Å². The Morgan fingerprint density at radius 1 is 1.25 bits per heavy atom. The zero-order valence-corrected chi connectivity index (χ0v) is 19.1. The summed E-state index contributed by atoms with van der Waals surface area (Å²) in [5, 5.41) is 11.4. The second kappa shape index (κ2) is 9.71. The molecule has 1 N–H and O–H groups in total. The smallest absolute Gasteiger partial charge is 0.295 e. The third-order valence-corrected chi connectivity index (χ3v) is 5.45. The molecule has 1 aliphatic heterocycles. The van der Waals surface area contributed by atoms with Crippen LogP contribution in [0.25, 0.3) is 5.76 Å².